The van der Waals surface area contributed by atoms with Crippen LogP contribution in [0.4, 0.5) is 0 Å². The number of amides is 1. The summed E-state index contributed by atoms with van der Waals surface area (Å²) in [5.74, 6) is -0.156. The van der Waals surface area contributed by atoms with Crippen LogP contribution in [0.3, 0.4) is 0 Å². The van der Waals surface area contributed by atoms with Crippen LogP contribution in [0.2, 0.25) is 0 Å². The van der Waals surface area contributed by atoms with Gasteiger partial charge in [-0.25, -0.2) is 4.79 Å². The van der Waals surface area contributed by atoms with E-state index >= 15 is 0 Å². The monoisotopic (exact) mass is 333 g/mol. The molecule has 0 aliphatic heterocycles. The predicted molar refractivity (Wildman–Crippen MR) is 94.7 cm³/mol. The third-order valence-electron chi connectivity index (χ3n) is 3.66. The van der Waals surface area contributed by atoms with Gasteiger partial charge in [0.2, 0.25) is 5.91 Å². The maximum atomic E-state index is 11.6. The molecule has 1 aromatic rings. The van der Waals surface area contributed by atoms with Gasteiger partial charge in [-0.05, 0) is 62.8 Å². The second-order valence-electron chi connectivity index (χ2n) is 5.83. The summed E-state index contributed by atoms with van der Waals surface area (Å²) in [5, 5.41) is 11.9. The Labute approximate surface area is 143 Å². The van der Waals surface area contributed by atoms with Crippen LogP contribution in [0, 0.1) is 13.8 Å². The molecule has 0 aliphatic rings. The summed E-state index contributed by atoms with van der Waals surface area (Å²) in [6.07, 6.45) is 5.93. The van der Waals surface area contributed by atoms with Gasteiger partial charge in [-0.15, -0.1) is 6.58 Å². The minimum Gasteiger partial charge on any atom is -0.493 e. The summed E-state index contributed by atoms with van der Waals surface area (Å²) < 4.78 is 5.74. The molecule has 0 fully saturated rings. The SMILES string of the molecule is C=CCCCCC(=O)NCCCOc1c(C)cc(C(=O)O)cc1C. The Morgan fingerprint density at radius 3 is 2.46 bits per heavy atom. The lowest BCUT2D eigenvalue weighted by Gasteiger charge is -2.13. The van der Waals surface area contributed by atoms with E-state index in [1.807, 2.05) is 19.9 Å². The van der Waals surface area contributed by atoms with Crippen molar-refractivity contribution >= 4 is 11.9 Å². The van der Waals surface area contributed by atoms with Gasteiger partial charge >= 0.3 is 5.97 Å². The third kappa shape index (κ3) is 6.86. The van der Waals surface area contributed by atoms with Crippen molar-refractivity contribution in [1.82, 2.24) is 5.32 Å². The lowest BCUT2D eigenvalue weighted by Crippen LogP contribution is -2.25. The first-order chi connectivity index (χ1) is 11.5. The van der Waals surface area contributed by atoms with Crippen LogP contribution in [0.5, 0.6) is 5.75 Å². The highest BCUT2D eigenvalue weighted by Crippen LogP contribution is 2.25. The second-order valence-corrected chi connectivity index (χ2v) is 5.83. The number of carbonyl (C=O) groups is 2. The van der Waals surface area contributed by atoms with E-state index in [1.165, 1.54) is 0 Å². The quantitative estimate of drug-likeness (QED) is 0.479. The summed E-state index contributed by atoms with van der Waals surface area (Å²) in [5.41, 5.74) is 1.87. The molecule has 0 unspecified atom stereocenters. The number of rotatable bonds is 11. The van der Waals surface area contributed by atoms with Crippen molar-refractivity contribution in [2.24, 2.45) is 0 Å². The van der Waals surface area contributed by atoms with Crippen molar-refractivity contribution in [1.29, 1.82) is 0 Å². The molecule has 1 amide bonds. The molecular formula is C19H27NO4. The topological polar surface area (TPSA) is 75.6 Å². The summed E-state index contributed by atoms with van der Waals surface area (Å²) in [6.45, 7) is 8.37. The number of carboxylic acid groups (broad SMARTS) is 1. The largest absolute Gasteiger partial charge is 0.493 e. The van der Waals surface area contributed by atoms with Gasteiger partial charge in [-0.3, -0.25) is 4.79 Å². The fourth-order valence-corrected chi connectivity index (χ4v) is 2.44. The van der Waals surface area contributed by atoms with Crippen molar-refractivity contribution in [2.75, 3.05) is 13.2 Å². The summed E-state index contributed by atoms with van der Waals surface area (Å²) in [4.78, 5) is 22.6. The lowest BCUT2D eigenvalue weighted by atomic mass is 10.1. The van der Waals surface area contributed by atoms with Gasteiger partial charge in [0, 0.05) is 13.0 Å². The molecule has 0 radical (unpaired) electrons. The van der Waals surface area contributed by atoms with Crippen LogP contribution in [-0.4, -0.2) is 30.1 Å². The number of hydrogen-bond donors (Lipinski definition) is 2. The van der Waals surface area contributed by atoms with E-state index in [9.17, 15) is 9.59 Å². The van der Waals surface area contributed by atoms with Gasteiger partial charge in [-0.1, -0.05) is 6.08 Å². The first-order valence-corrected chi connectivity index (χ1v) is 8.30. The van der Waals surface area contributed by atoms with E-state index in [0.29, 0.717) is 26.0 Å². The smallest absolute Gasteiger partial charge is 0.335 e. The first kappa shape index (κ1) is 19.7. The Morgan fingerprint density at radius 1 is 1.21 bits per heavy atom. The predicted octanol–water partition coefficient (Wildman–Crippen LogP) is 3.63. The number of ether oxygens (including phenoxy) is 1. The van der Waals surface area contributed by atoms with E-state index in [4.69, 9.17) is 9.84 Å². The molecule has 0 saturated heterocycles. The summed E-state index contributed by atoms with van der Waals surface area (Å²) in [7, 11) is 0. The fraction of sp³-hybridized carbons (Fsp3) is 0.474. The Hall–Kier alpha value is -2.30. The average molecular weight is 333 g/mol. The number of aromatic carboxylic acids is 1. The maximum Gasteiger partial charge on any atom is 0.335 e. The first-order valence-electron chi connectivity index (χ1n) is 8.30. The highest BCUT2D eigenvalue weighted by atomic mass is 16.5. The number of nitrogens with one attached hydrogen (secondary N) is 1. The highest BCUT2D eigenvalue weighted by Gasteiger charge is 2.10. The van der Waals surface area contributed by atoms with Gasteiger partial charge in [0.15, 0.2) is 0 Å². The van der Waals surface area contributed by atoms with Crippen LogP contribution < -0.4 is 10.1 Å². The van der Waals surface area contributed by atoms with Crippen LogP contribution in [0.25, 0.3) is 0 Å². The molecule has 24 heavy (non-hydrogen) atoms. The zero-order valence-corrected chi connectivity index (χ0v) is 14.6. The Bertz CT molecular complexity index is 558. The molecule has 0 aliphatic carbocycles. The van der Waals surface area contributed by atoms with Gasteiger partial charge in [-0.2, -0.15) is 0 Å². The molecule has 5 nitrogen and oxygen atoms in total. The lowest BCUT2D eigenvalue weighted by molar-refractivity contribution is -0.121. The van der Waals surface area contributed by atoms with Crippen LogP contribution in [-0.2, 0) is 4.79 Å². The van der Waals surface area contributed by atoms with Crippen molar-refractivity contribution in [3.05, 3.63) is 41.5 Å². The van der Waals surface area contributed by atoms with Gasteiger partial charge in [0.25, 0.3) is 0 Å². The molecule has 2 N–H and O–H groups in total. The van der Waals surface area contributed by atoms with E-state index in [2.05, 4.69) is 11.9 Å². The molecule has 0 atom stereocenters. The molecule has 5 heteroatoms. The summed E-state index contributed by atoms with van der Waals surface area (Å²) >= 11 is 0. The molecule has 1 rings (SSSR count). The van der Waals surface area contributed by atoms with Gasteiger partial charge in [0.05, 0.1) is 12.2 Å². The zero-order chi connectivity index (χ0) is 17.9. The van der Waals surface area contributed by atoms with E-state index in [1.54, 1.807) is 12.1 Å². The number of carbonyl (C=O) groups excluding carboxylic acids is 1. The maximum absolute atomic E-state index is 11.6. The van der Waals surface area contributed by atoms with Crippen molar-refractivity contribution in [2.45, 2.75) is 46.0 Å². The Balaban J connectivity index is 2.29. The summed E-state index contributed by atoms with van der Waals surface area (Å²) in [6, 6.07) is 3.21. The number of benzene rings is 1. The molecule has 0 bridgehead atoms. The molecule has 0 spiro atoms. The number of allylic oxidation sites excluding steroid dienone is 1. The molecule has 1 aromatic carbocycles. The second kappa shape index (κ2) is 10.5. The molecule has 132 valence electrons. The molecule has 0 aromatic heterocycles. The zero-order valence-electron chi connectivity index (χ0n) is 14.6. The average Bonchev–Trinajstić information content (AvgIpc) is 2.53. The Morgan fingerprint density at radius 2 is 1.88 bits per heavy atom. The van der Waals surface area contributed by atoms with Crippen molar-refractivity contribution in [3.8, 4) is 5.75 Å². The number of hydrogen-bond acceptors (Lipinski definition) is 3. The normalized spacial score (nSPS) is 10.2. The molecule has 0 heterocycles. The Kier molecular flexibility index (Phi) is 8.61. The van der Waals surface area contributed by atoms with E-state index in [-0.39, 0.29) is 11.5 Å². The van der Waals surface area contributed by atoms with E-state index < -0.39 is 5.97 Å². The van der Waals surface area contributed by atoms with Gasteiger partial charge in [0.1, 0.15) is 5.75 Å². The molecular weight excluding hydrogens is 306 g/mol. The number of unbranched alkanes of at least 4 members (excludes halogenated alkanes) is 2. The standard InChI is InChI=1S/C19H27NO4/c1-4-5-6-7-9-17(21)20-10-8-11-24-18-14(2)12-16(19(22)23)13-15(18)3/h4,12-13H,1,5-11H2,2-3H3,(H,20,21)(H,22,23). The highest BCUT2D eigenvalue weighted by molar-refractivity contribution is 5.88. The number of aryl methyl sites for hydroxylation is 2. The molecule has 0 saturated carbocycles. The van der Waals surface area contributed by atoms with Gasteiger partial charge < -0.3 is 15.2 Å². The fourth-order valence-electron chi connectivity index (χ4n) is 2.44. The minimum atomic E-state index is -0.941. The van der Waals surface area contributed by atoms with Crippen molar-refractivity contribution < 1.29 is 19.4 Å². The third-order valence-corrected chi connectivity index (χ3v) is 3.66. The van der Waals surface area contributed by atoms with Crippen LogP contribution >= 0.6 is 0 Å². The van der Waals surface area contributed by atoms with Crippen LogP contribution in [0.15, 0.2) is 24.8 Å². The minimum absolute atomic E-state index is 0.0669. The van der Waals surface area contributed by atoms with E-state index in [0.717, 1.165) is 36.1 Å². The number of carboxylic acids is 1. The van der Waals surface area contributed by atoms with Crippen molar-refractivity contribution in [3.63, 3.8) is 0 Å². The van der Waals surface area contributed by atoms with Crippen LogP contribution in [0.1, 0.15) is 53.6 Å².